The zero-order chi connectivity index (χ0) is 24.0. The molecule has 2 aromatic rings. The number of piperazine rings is 1. The van der Waals surface area contributed by atoms with Gasteiger partial charge in [0, 0.05) is 38.2 Å². The van der Waals surface area contributed by atoms with Crippen molar-refractivity contribution in [2.45, 2.75) is 43.6 Å². The third kappa shape index (κ3) is 4.06. The number of carbonyl (C=O) groups is 1. The summed E-state index contributed by atoms with van der Waals surface area (Å²) in [5.74, 6) is 0.788. The first kappa shape index (κ1) is 22.8. The fraction of sp³-hybridized carbons (Fsp3) is 0.565. The maximum absolute atomic E-state index is 14.1. The van der Waals surface area contributed by atoms with Gasteiger partial charge in [0.1, 0.15) is 5.82 Å². The van der Waals surface area contributed by atoms with E-state index >= 15 is 0 Å². The second kappa shape index (κ2) is 8.68. The molecule has 8 nitrogen and oxygen atoms in total. The molecule has 34 heavy (non-hydrogen) atoms. The highest BCUT2D eigenvalue weighted by Crippen LogP contribution is 2.44. The summed E-state index contributed by atoms with van der Waals surface area (Å²) in [7, 11) is 2.98. The quantitative estimate of drug-likeness (QED) is 0.724. The monoisotopic (exact) mass is 479 g/mol. The van der Waals surface area contributed by atoms with Crippen LogP contribution in [0, 0.1) is 0 Å². The summed E-state index contributed by atoms with van der Waals surface area (Å²) in [5.41, 5.74) is 0.667. The van der Waals surface area contributed by atoms with E-state index in [9.17, 15) is 18.0 Å². The lowest BCUT2D eigenvalue weighted by Crippen LogP contribution is -2.52. The average molecular weight is 480 g/mol. The van der Waals surface area contributed by atoms with E-state index in [1.54, 1.807) is 23.1 Å². The summed E-state index contributed by atoms with van der Waals surface area (Å²) in [6.07, 6.45) is -2.64. The number of carbonyl (C=O) groups excluding carboxylic acids is 1. The zero-order valence-electron chi connectivity index (χ0n) is 19.1. The lowest BCUT2D eigenvalue weighted by atomic mass is 9.96. The van der Waals surface area contributed by atoms with Crippen molar-refractivity contribution in [3.8, 4) is 11.5 Å². The van der Waals surface area contributed by atoms with Gasteiger partial charge in [0.25, 0.3) is 5.91 Å². The second-order valence-corrected chi connectivity index (χ2v) is 9.05. The van der Waals surface area contributed by atoms with E-state index in [0.717, 1.165) is 30.6 Å². The fourth-order valence-corrected chi connectivity index (χ4v) is 5.30. The molecular formula is C23H28F3N5O3. The predicted octanol–water partition coefficient (Wildman–Crippen LogP) is 3.48. The van der Waals surface area contributed by atoms with Crippen LogP contribution in [0.25, 0.3) is 0 Å². The minimum Gasteiger partial charge on any atom is -0.493 e. The number of amides is 1. The van der Waals surface area contributed by atoms with E-state index in [1.807, 2.05) is 0 Å². The van der Waals surface area contributed by atoms with Gasteiger partial charge in [-0.15, -0.1) is 0 Å². The van der Waals surface area contributed by atoms with Gasteiger partial charge < -0.3 is 19.7 Å². The van der Waals surface area contributed by atoms with Gasteiger partial charge in [-0.1, -0.05) is 6.07 Å². The molecule has 184 valence electrons. The molecule has 0 unspecified atom stereocenters. The van der Waals surface area contributed by atoms with Crippen molar-refractivity contribution in [3.05, 3.63) is 35.5 Å². The molecule has 1 amide bonds. The zero-order valence-corrected chi connectivity index (χ0v) is 19.1. The number of alkyl halides is 3. The topological polar surface area (TPSA) is 71.9 Å². The number of rotatable bonds is 4. The van der Waals surface area contributed by atoms with Crippen molar-refractivity contribution in [2.75, 3.05) is 45.7 Å². The molecule has 2 fully saturated rings. The van der Waals surface area contributed by atoms with Crippen LogP contribution in [0.15, 0.2) is 24.3 Å². The molecule has 1 aromatic heterocycles. The predicted molar refractivity (Wildman–Crippen MR) is 118 cm³/mol. The number of aromatic nitrogens is 2. The van der Waals surface area contributed by atoms with E-state index in [1.165, 1.54) is 20.3 Å². The highest BCUT2D eigenvalue weighted by atomic mass is 19.4. The van der Waals surface area contributed by atoms with Crippen molar-refractivity contribution in [3.63, 3.8) is 0 Å². The van der Waals surface area contributed by atoms with Crippen molar-refractivity contribution in [2.24, 2.45) is 0 Å². The third-order valence-corrected chi connectivity index (χ3v) is 7.09. The Morgan fingerprint density at radius 1 is 1.12 bits per heavy atom. The van der Waals surface area contributed by atoms with Crippen LogP contribution in [0.5, 0.6) is 11.5 Å². The number of halogens is 3. The van der Waals surface area contributed by atoms with Crippen LogP contribution in [0.3, 0.4) is 0 Å². The SMILES string of the molecule is COc1ccc([C@@H]2C[C@H](C(F)(F)F)n3nc(C(=O)N4CCN5CCC[C@@H]5C4)cc3N2)cc1OC. The van der Waals surface area contributed by atoms with Crippen LogP contribution in [-0.2, 0) is 0 Å². The summed E-state index contributed by atoms with van der Waals surface area (Å²) >= 11 is 0. The number of anilines is 1. The van der Waals surface area contributed by atoms with E-state index in [-0.39, 0.29) is 23.8 Å². The number of hydrogen-bond donors (Lipinski definition) is 1. The minimum absolute atomic E-state index is 0.0381. The van der Waals surface area contributed by atoms with Gasteiger partial charge >= 0.3 is 6.18 Å². The first-order valence-electron chi connectivity index (χ1n) is 11.5. The molecule has 3 aliphatic rings. The molecule has 0 bridgehead atoms. The van der Waals surface area contributed by atoms with Gasteiger partial charge in [-0.05, 0) is 37.1 Å². The molecule has 2 saturated heterocycles. The number of methoxy groups -OCH3 is 2. The molecule has 1 aromatic carbocycles. The molecule has 3 atom stereocenters. The Kier molecular flexibility index (Phi) is 5.83. The summed E-state index contributed by atoms with van der Waals surface area (Å²) in [6, 6.07) is 4.33. The van der Waals surface area contributed by atoms with E-state index in [0.29, 0.717) is 36.2 Å². The van der Waals surface area contributed by atoms with E-state index < -0.39 is 18.3 Å². The highest BCUT2D eigenvalue weighted by molar-refractivity contribution is 5.93. The Morgan fingerprint density at radius 2 is 1.91 bits per heavy atom. The Morgan fingerprint density at radius 3 is 2.65 bits per heavy atom. The molecule has 0 aliphatic carbocycles. The normalized spacial score (nSPS) is 24.9. The summed E-state index contributed by atoms with van der Waals surface area (Å²) in [5, 5.41) is 7.28. The molecule has 0 saturated carbocycles. The minimum atomic E-state index is -4.52. The first-order valence-corrected chi connectivity index (χ1v) is 11.5. The molecule has 11 heteroatoms. The standard InChI is InChI=1S/C23H28F3N5O3/c1-33-18-6-5-14(10-19(18)34-2)16-11-20(23(24,25)26)31-21(27-16)12-17(28-31)22(32)30-9-8-29-7-3-4-15(29)13-30/h5-6,10,12,15-16,20,27H,3-4,7-9,11,13H2,1-2H3/t15-,16+,20-/m1/s1. The molecule has 1 N–H and O–H groups in total. The fourth-order valence-electron chi connectivity index (χ4n) is 5.30. The Labute approximate surface area is 195 Å². The average Bonchev–Trinajstić information content (AvgIpc) is 3.48. The summed E-state index contributed by atoms with van der Waals surface area (Å²) in [6.45, 7) is 2.97. The van der Waals surface area contributed by atoms with Crippen LogP contribution in [0.1, 0.15) is 47.4 Å². The summed E-state index contributed by atoms with van der Waals surface area (Å²) < 4.78 is 53.6. The molecular weight excluding hydrogens is 451 g/mol. The maximum Gasteiger partial charge on any atom is 0.410 e. The lowest BCUT2D eigenvalue weighted by Gasteiger charge is -2.37. The second-order valence-electron chi connectivity index (χ2n) is 9.05. The summed E-state index contributed by atoms with van der Waals surface area (Å²) in [4.78, 5) is 17.2. The highest BCUT2D eigenvalue weighted by Gasteiger charge is 2.47. The van der Waals surface area contributed by atoms with Crippen LogP contribution < -0.4 is 14.8 Å². The van der Waals surface area contributed by atoms with Gasteiger partial charge in [-0.25, -0.2) is 4.68 Å². The van der Waals surface area contributed by atoms with Crippen LogP contribution >= 0.6 is 0 Å². The van der Waals surface area contributed by atoms with Gasteiger partial charge in [0.15, 0.2) is 23.2 Å². The van der Waals surface area contributed by atoms with Crippen molar-refractivity contribution >= 4 is 11.7 Å². The van der Waals surface area contributed by atoms with Crippen molar-refractivity contribution in [1.29, 1.82) is 0 Å². The Balaban J connectivity index is 1.42. The number of benzene rings is 1. The third-order valence-electron chi connectivity index (χ3n) is 7.09. The van der Waals surface area contributed by atoms with E-state index in [4.69, 9.17) is 9.47 Å². The Hall–Kier alpha value is -2.95. The smallest absolute Gasteiger partial charge is 0.410 e. The van der Waals surface area contributed by atoms with Crippen LogP contribution in [-0.4, -0.2) is 78.1 Å². The number of fused-ring (bicyclic) bond motifs is 2. The molecule has 4 heterocycles. The lowest BCUT2D eigenvalue weighted by molar-refractivity contribution is -0.173. The molecule has 0 spiro atoms. The van der Waals surface area contributed by atoms with Crippen molar-refractivity contribution in [1.82, 2.24) is 19.6 Å². The van der Waals surface area contributed by atoms with Gasteiger partial charge in [-0.2, -0.15) is 18.3 Å². The van der Waals surface area contributed by atoms with Gasteiger partial charge in [0.05, 0.1) is 20.3 Å². The van der Waals surface area contributed by atoms with Gasteiger partial charge in [-0.3, -0.25) is 9.69 Å². The number of nitrogens with zero attached hydrogens (tertiary/aromatic N) is 4. The first-order chi connectivity index (χ1) is 16.3. The molecule has 3 aliphatic heterocycles. The Bertz CT molecular complexity index is 1070. The number of ether oxygens (including phenoxy) is 2. The molecule has 0 radical (unpaired) electrons. The van der Waals surface area contributed by atoms with Gasteiger partial charge in [0.2, 0.25) is 0 Å². The number of nitrogens with one attached hydrogen (secondary N) is 1. The largest absolute Gasteiger partial charge is 0.493 e. The van der Waals surface area contributed by atoms with Crippen LogP contribution in [0.2, 0.25) is 0 Å². The van der Waals surface area contributed by atoms with Crippen LogP contribution in [0.4, 0.5) is 19.0 Å². The van der Waals surface area contributed by atoms with Crippen molar-refractivity contribution < 1.29 is 27.4 Å². The van der Waals surface area contributed by atoms with E-state index in [2.05, 4.69) is 15.3 Å². The molecule has 5 rings (SSSR count). The maximum atomic E-state index is 14.1. The number of hydrogen-bond acceptors (Lipinski definition) is 6.